The second-order valence-corrected chi connectivity index (χ2v) is 4.65. The van der Waals surface area contributed by atoms with Gasteiger partial charge in [-0.25, -0.2) is 4.99 Å². The van der Waals surface area contributed by atoms with Gasteiger partial charge in [-0.2, -0.15) is 0 Å². The van der Waals surface area contributed by atoms with Gasteiger partial charge in [-0.1, -0.05) is 34.9 Å². The number of rotatable bonds is 3. The summed E-state index contributed by atoms with van der Waals surface area (Å²) < 4.78 is 5.43. The van der Waals surface area contributed by atoms with Crippen molar-refractivity contribution in [2.45, 2.75) is 0 Å². The SMILES string of the molecule is Oc1ccc(Cl)cc1/C=N/c1nnc(-c2ccccc2)o1. The highest BCUT2D eigenvalue weighted by Gasteiger charge is 2.07. The van der Waals surface area contributed by atoms with E-state index in [4.69, 9.17) is 16.0 Å². The van der Waals surface area contributed by atoms with Crippen molar-refractivity contribution in [3.8, 4) is 17.2 Å². The number of hydrogen-bond acceptors (Lipinski definition) is 5. The molecule has 0 aliphatic rings. The van der Waals surface area contributed by atoms with Crippen LogP contribution in [0.5, 0.6) is 5.75 Å². The summed E-state index contributed by atoms with van der Waals surface area (Å²) in [6.45, 7) is 0. The Hall–Kier alpha value is -2.66. The van der Waals surface area contributed by atoms with Crippen LogP contribution in [0.25, 0.3) is 11.5 Å². The molecule has 0 amide bonds. The first-order chi connectivity index (χ1) is 10.2. The number of phenolic OH excluding ortho intramolecular Hbond substituents is 1. The van der Waals surface area contributed by atoms with Crippen LogP contribution in [0.2, 0.25) is 5.02 Å². The molecule has 6 heteroatoms. The van der Waals surface area contributed by atoms with Gasteiger partial charge >= 0.3 is 6.01 Å². The predicted octanol–water partition coefficient (Wildman–Crippen LogP) is 3.85. The van der Waals surface area contributed by atoms with Crippen LogP contribution in [0, 0.1) is 0 Å². The van der Waals surface area contributed by atoms with Crippen LogP contribution in [0.3, 0.4) is 0 Å². The van der Waals surface area contributed by atoms with Crippen molar-refractivity contribution in [1.29, 1.82) is 0 Å². The number of benzene rings is 2. The van der Waals surface area contributed by atoms with E-state index in [1.165, 1.54) is 12.3 Å². The minimum absolute atomic E-state index is 0.0750. The van der Waals surface area contributed by atoms with Gasteiger partial charge in [0.15, 0.2) is 0 Å². The number of aromatic hydroxyl groups is 1. The minimum atomic E-state index is 0.0750. The van der Waals surface area contributed by atoms with Crippen molar-refractivity contribution >= 4 is 23.8 Å². The highest BCUT2D eigenvalue weighted by Crippen LogP contribution is 2.23. The van der Waals surface area contributed by atoms with Crippen molar-refractivity contribution in [3.63, 3.8) is 0 Å². The van der Waals surface area contributed by atoms with Gasteiger partial charge < -0.3 is 9.52 Å². The minimum Gasteiger partial charge on any atom is -0.507 e. The first-order valence-corrected chi connectivity index (χ1v) is 6.52. The predicted molar refractivity (Wildman–Crippen MR) is 80.1 cm³/mol. The summed E-state index contributed by atoms with van der Waals surface area (Å²) in [5.41, 5.74) is 1.29. The van der Waals surface area contributed by atoms with E-state index >= 15 is 0 Å². The lowest BCUT2D eigenvalue weighted by Crippen LogP contribution is -1.82. The molecule has 1 N–H and O–H groups in total. The molecule has 2 aromatic carbocycles. The molecular formula is C15H10ClN3O2. The standard InChI is InChI=1S/C15H10ClN3O2/c16-12-6-7-13(20)11(8-12)9-17-15-19-18-14(21-15)10-4-2-1-3-5-10/h1-9,20H/b17-9+. The smallest absolute Gasteiger partial charge is 0.342 e. The average molecular weight is 300 g/mol. The lowest BCUT2D eigenvalue weighted by Gasteiger charge is -1.97. The Balaban J connectivity index is 1.84. The number of hydrogen-bond donors (Lipinski definition) is 1. The quantitative estimate of drug-likeness (QED) is 0.746. The second kappa shape index (κ2) is 5.76. The Labute approximate surface area is 125 Å². The average Bonchev–Trinajstić information content (AvgIpc) is 2.98. The van der Waals surface area contributed by atoms with Crippen molar-refractivity contribution in [1.82, 2.24) is 10.2 Å². The van der Waals surface area contributed by atoms with Crippen LogP contribution in [0.1, 0.15) is 5.56 Å². The molecule has 0 aliphatic carbocycles. The maximum Gasteiger partial charge on any atom is 0.342 e. The molecule has 5 nitrogen and oxygen atoms in total. The first-order valence-electron chi connectivity index (χ1n) is 6.14. The highest BCUT2D eigenvalue weighted by molar-refractivity contribution is 6.30. The van der Waals surface area contributed by atoms with Gasteiger partial charge in [0, 0.05) is 22.4 Å². The van der Waals surface area contributed by atoms with Crippen molar-refractivity contribution in [3.05, 3.63) is 59.1 Å². The van der Waals surface area contributed by atoms with Crippen LogP contribution < -0.4 is 0 Å². The fraction of sp³-hybridized carbons (Fsp3) is 0. The van der Waals surface area contributed by atoms with Gasteiger partial charge in [-0.3, -0.25) is 0 Å². The number of phenols is 1. The summed E-state index contributed by atoms with van der Waals surface area (Å²) >= 11 is 5.86. The zero-order chi connectivity index (χ0) is 14.7. The number of aromatic nitrogens is 2. The fourth-order valence-corrected chi connectivity index (χ4v) is 1.90. The zero-order valence-corrected chi connectivity index (χ0v) is 11.5. The molecule has 0 saturated carbocycles. The van der Waals surface area contributed by atoms with E-state index in [1.807, 2.05) is 30.3 Å². The molecular weight excluding hydrogens is 290 g/mol. The molecule has 0 saturated heterocycles. The van der Waals surface area contributed by atoms with Crippen molar-refractivity contribution in [2.75, 3.05) is 0 Å². The number of halogens is 1. The summed E-state index contributed by atoms with van der Waals surface area (Å²) in [5, 5.41) is 17.9. The normalized spacial score (nSPS) is 11.1. The second-order valence-electron chi connectivity index (χ2n) is 4.22. The van der Waals surface area contributed by atoms with Crippen molar-refractivity contribution < 1.29 is 9.52 Å². The molecule has 21 heavy (non-hydrogen) atoms. The highest BCUT2D eigenvalue weighted by atomic mass is 35.5. The lowest BCUT2D eigenvalue weighted by molar-refractivity contribution is 0.474. The summed E-state index contributed by atoms with van der Waals surface area (Å²) in [4.78, 5) is 4.04. The molecule has 0 aliphatic heterocycles. The van der Waals surface area contributed by atoms with E-state index in [0.29, 0.717) is 16.5 Å². The Morgan fingerprint density at radius 3 is 2.71 bits per heavy atom. The number of nitrogens with zero attached hydrogens (tertiary/aromatic N) is 3. The van der Waals surface area contributed by atoms with Gasteiger partial charge in [-0.15, -0.1) is 5.10 Å². The Kier molecular flexibility index (Phi) is 3.66. The third kappa shape index (κ3) is 3.09. The summed E-state index contributed by atoms with van der Waals surface area (Å²) in [6, 6.07) is 14.2. The fourth-order valence-electron chi connectivity index (χ4n) is 1.72. The van der Waals surface area contributed by atoms with Gasteiger partial charge in [0.25, 0.3) is 0 Å². The van der Waals surface area contributed by atoms with Crippen molar-refractivity contribution in [2.24, 2.45) is 4.99 Å². The molecule has 0 atom stereocenters. The third-order valence-corrected chi connectivity index (χ3v) is 2.97. The van der Waals surface area contributed by atoms with Gasteiger partial charge in [-0.05, 0) is 30.3 Å². The Bertz CT molecular complexity index is 785. The van der Waals surface area contributed by atoms with E-state index in [0.717, 1.165) is 5.56 Å². The van der Waals surface area contributed by atoms with Crippen LogP contribution >= 0.6 is 11.6 Å². The third-order valence-electron chi connectivity index (χ3n) is 2.74. The summed E-state index contributed by atoms with van der Waals surface area (Å²) in [7, 11) is 0. The van der Waals surface area contributed by atoms with Crippen LogP contribution in [0.15, 0.2) is 57.9 Å². The van der Waals surface area contributed by atoms with E-state index in [1.54, 1.807) is 12.1 Å². The maximum atomic E-state index is 9.68. The van der Waals surface area contributed by atoms with E-state index < -0.39 is 0 Å². The van der Waals surface area contributed by atoms with Gasteiger partial charge in [0.2, 0.25) is 5.89 Å². The lowest BCUT2D eigenvalue weighted by atomic mass is 10.2. The van der Waals surface area contributed by atoms with Crippen LogP contribution in [-0.2, 0) is 0 Å². The molecule has 0 radical (unpaired) electrons. The molecule has 3 aromatic rings. The topological polar surface area (TPSA) is 71.5 Å². The molecule has 1 heterocycles. The van der Waals surface area contributed by atoms with Crippen LogP contribution in [-0.4, -0.2) is 21.5 Å². The van der Waals surface area contributed by atoms with Crippen LogP contribution in [0.4, 0.5) is 6.01 Å². The Morgan fingerprint density at radius 1 is 1.10 bits per heavy atom. The largest absolute Gasteiger partial charge is 0.507 e. The van der Waals surface area contributed by atoms with E-state index in [-0.39, 0.29) is 11.8 Å². The van der Waals surface area contributed by atoms with E-state index in [9.17, 15) is 5.11 Å². The molecule has 0 unspecified atom stereocenters. The molecule has 104 valence electrons. The number of aliphatic imine (C=N–C) groups is 1. The van der Waals surface area contributed by atoms with Gasteiger partial charge in [0.1, 0.15) is 5.75 Å². The molecule has 1 aromatic heterocycles. The Morgan fingerprint density at radius 2 is 1.90 bits per heavy atom. The molecule has 0 fully saturated rings. The maximum absolute atomic E-state index is 9.68. The zero-order valence-electron chi connectivity index (χ0n) is 10.8. The summed E-state index contributed by atoms with van der Waals surface area (Å²) in [5.74, 6) is 0.462. The molecule has 3 rings (SSSR count). The summed E-state index contributed by atoms with van der Waals surface area (Å²) in [6.07, 6.45) is 1.42. The first kappa shape index (κ1) is 13.3. The molecule has 0 bridgehead atoms. The van der Waals surface area contributed by atoms with E-state index in [2.05, 4.69) is 15.2 Å². The molecule has 0 spiro atoms. The van der Waals surface area contributed by atoms with Gasteiger partial charge in [0.05, 0.1) is 0 Å². The monoisotopic (exact) mass is 299 g/mol.